The van der Waals surface area contributed by atoms with Crippen LogP contribution in [0.25, 0.3) is 0 Å². The van der Waals surface area contributed by atoms with Gasteiger partial charge in [0.1, 0.15) is 0 Å². The molecule has 0 bridgehead atoms. The van der Waals surface area contributed by atoms with E-state index in [1.54, 1.807) is 11.3 Å². The summed E-state index contributed by atoms with van der Waals surface area (Å²) in [7, 11) is 0. The Morgan fingerprint density at radius 2 is 2.60 bits per heavy atom. The Morgan fingerprint density at radius 1 is 1.67 bits per heavy atom. The third-order valence-corrected chi connectivity index (χ3v) is 3.68. The molecular weight excluding hydrogens is 206 g/mol. The molecule has 4 heteroatoms. The number of hydrogen-bond donors (Lipinski definition) is 1. The molecule has 0 aromatic carbocycles. The summed E-state index contributed by atoms with van der Waals surface area (Å²) in [5.41, 5.74) is 1.92. The van der Waals surface area contributed by atoms with Crippen molar-refractivity contribution in [3.63, 3.8) is 0 Å². The van der Waals surface area contributed by atoms with Gasteiger partial charge >= 0.3 is 0 Å². The molecule has 1 atom stereocenters. The minimum Gasteiger partial charge on any atom is -0.317 e. The van der Waals surface area contributed by atoms with Gasteiger partial charge in [0.15, 0.2) is 0 Å². The van der Waals surface area contributed by atoms with Gasteiger partial charge in [-0.25, -0.2) is 0 Å². The number of aromatic nitrogens is 1. The minimum absolute atomic E-state index is 0.845. The predicted octanol–water partition coefficient (Wildman–Crippen LogP) is 1.57. The lowest BCUT2D eigenvalue weighted by Gasteiger charge is -2.14. The van der Waals surface area contributed by atoms with E-state index in [0.29, 0.717) is 0 Å². The van der Waals surface area contributed by atoms with E-state index in [9.17, 15) is 0 Å². The third-order valence-electron chi connectivity index (χ3n) is 2.92. The highest BCUT2D eigenvalue weighted by atomic mass is 32.1. The van der Waals surface area contributed by atoms with Gasteiger partial charge in [-0.2, -0.15) is 0 Å². The first-order chi connectivity index (χ1) is 7.38. The van der Waals surface area contributed by atoms with Crippen molar-refractivity contribution in [2.75, 3.05) is 26.2 Å². The fraction of sp³-hybridized carbons (Fsp3) is 0.727. The zero-order valence-electron chi connectivity index (χ0n) is 9.28. The van der Waals surface area contributed by atoms with E-state index in [2.05, 4.69) is 22.1 Å². The van der Waals surface area contributed by atoms with E-state index >= 15 is 0 Å². The molecule has 15 heavy (non-hydrogen) atoms. The highest BCUT2D eigenvalue weighted by Gasteiger charge is 2.21. The molecule has 1 fully saturated rings. The lowest BCUT2D eigenvalue weighted by molar-refractivity contribution is 0.317. The number of likely N-dealkylation sites (tertiary alicyclic amines) is 1. The Labute approximate surface area is 95.5 Å². The Morgan fingerprint density at radius 3 is 3.33 bits per heavy atom. The quantitative estimate of drug-likeness (QED) is 0.824. The SMILES string of the molecule is CCNCC1CCN(Cc2cncs2)C1. The first-order valence-electron chi connectivity index (χ1n) is 5.69. The van der Waals surface area contributed by atoms with E-state index in [1.165, 1.54) is 30.9 Å². The summed E-state index contributed by atoms with van der Waals surface area (Å²) in [5.74, 6) is 0.845. The molecule has 2 heterocycles. The van der Waals surface area contributed by atoms with Gasteiger partial charge in [0.2, 0.25) is 0 Å². The third kappa shape index (κ3) is 3.26. The average molecular weight is 225 g/mol. The van der Waals surface area contributed by atoms with Crippen LogP contribution in [0.1, 0.15) is 18.2 Å². The first-order valence-corrected chi connectivity index (χ1v) is 6.57. The molecule has 0 aliphatic carbocycles. The van der Waals surface area contributed by atoms with Crippen LogP contribution in [0.4, 0.5) is 0 Å². The van der Waals surface area contributed by atoms with Crippen LogP contribution in [-0.2, 0) is 6.54 Å². The van der Waals surface area contributed by atoms with Crippen molar-refractivity contribution in [3.8, 4) is 0 Å². The summed E-state index contributed by atoms with van der Waals surface area (Å²) in [6.07, 6.45) is 3.33. The summed E-state index contributed by atoms with van der Waals surface area (Å²) in [6, 6.07) is 0. The van der Waals surface area contributed by atoms with E-state index in [0.717, 1.165) is 19.0 Å². The van der Waals surface area contributed by atoms with Crippen LogP contribution >= 0.6 is 11.3 Å². The largest absolute Gasteiger partial charge is 0.317 e. The van der Waals surface area contributed by atoms with Gasteiger partial charge in [-0.3, -0.25) is 9.88 Å². The van der Waals surface area contributed by atoms with Crippen LogP contribution in [0.2, 0.25) is 0 Å². The maximum atomic E-state index is 4.11. The number of rotatable bonds is 5. The Balaban J connectivity index is 1.73. The minimum atomic E-state index is 0.845. The van der Waals surface area contributed by atoms with Crippen molar-refractivity contribution < 1.29 is 0 Å². The molecule has 84 valence electrons. The van der Waals surface area contributed by atoms with Gasteiger partial charge < -0.3 is 5.32 Å². The summed E-state index contributed by atoms with van der Waals surface area (Å²) in [4.78, 5) is 8.04. The number of nitrogens with zero attached hydrogens (tertiary/aromatic N) is 2. The van der Waals surface area contributed by atoms with Crippen LogP contribution in [0, 0.1) is 5.92 Å². The molecule has 1 N–H and O–H groups in total. The molecule has 2 rings (SSSR count). The summed E-state index contributed by atoms with van der Waals surface area (Å²) < 4.78 is 0. The molecule has 0 saturated carbocycles. The molecule has 1 aromatic rings. The van der Waals surface area contributed by atoms with Crippen LogP contribution in [0.5, 0.6) is 0 Å². The van der Waals surface area contributed by atoms with E-state index in [4.69, 9.17) is 0 Å². The average Bonchev–Trinajstić information content (AvgIpc) is 2.87. The molecule has 0 spiro atoms. The zero-order valence-corrected chi connectivity index (χ0v) is 10.1. The van der Waals surface area contributed by atoms with Crippen LogP contribution in [0.3, 0.4) is 0 Å². The second-order valence-electron chi connectivity index (χ2n) is 4.17. The van der Waals surface area contributed by atoms with Crippen molar-refractivity contribution in [2.24, 2.45) is 5.92 Å². The number of nitrogens with one attached hydrogen (secondary N) is 1. The second-order valence-corrected chi connectivity index (χ2v) is 5.14. The maximum Gasteiger partial charge on any atom is 0.0794 e. The zero-order chi connectivity index (χ0) is 10.5. The summed E-state index contributed by atoms with van der Waals surface area (Å²) in [6.45, 7) is 8.01. The van der Waals surface area contributed by atoms with Gasteiger partial charge in [-0.1, -0.05) is 6.92 Å². The van der Waals surface area contributed by atoms with Gasteiger partial charge in [0.25, 0.3) is 0 Å². The molecule has 1 aliphatic rings. The van der Waals surface area contributed by atoms with E-state index in [-0.39, 0.29) is 0 Å². The normalized spacial score (nSPS) is 22.3. The van der Waals surface area contributed by atoms with Crippen LogP contribution in [-0.4, -0.2) is 36.1 Å². The smallest absolute Gasteiger partial charge is 0.0794 e. The van der Waals surface area contributed by atoms with Crippen LogP contribution in [0.15, 0.2) is 11.7 Å². The molecule has 1 saturated heterocycles. The Bertz CT molecular complexity index is 273. The topological polar surface area (TPSA) is 28.2 Å². The van der Waals surface area contributed by atoms with E-state index < -0.39 is 0 Å². The lowest BCUT2D eigenvalue weighted by atomic mass is 10.1. The Hall–Kier alpha value is -0.450. The first kappa shape index (κ1) is 11.0. The summed E-state index contributed by atoms with van der Waals surface area (Å²) >= 11 is 1.76. The van der Waals surface area contributed by atoms with Crippen molar-refractivity contribution in [3.05, 3.63) is 16.6 Å². The fourth-order valence-corrected chi connectivity index (χ4v) is 2.75. The molecule has 1 aliphatic heterocycles. The van der Waals surface area contributed by atoms with Gasteiger partial charge in [-0.05, 0) is 32.0 Å². The number of thiazole rings is 1. The van der Waals surface area contributed by atoms with Crippen molar-refractivity contribution in [2.45, 2.75) is 19.9 Å². The maximum absolute atomic E-state index is 4.11. The fourth-order valence-electron chi connectivity index (χ4n) is 2.11. The van der Waals surface area contributed by atoms with Gasteiger partial charge in [0.05, 0.1) is 5.51 Å². The van der Waals surface area contributed by atoms with Crippen molar-refractivity contribution in [1.82, 2.24) is 15.2 Å². The predicted molar refractivity (Wildman–Crippen MR) is 64.0 cm³/mol. The molecule has 1 aromatic heterocycles. The van der Waals surface area contributed by atoms with Gasteiger partial charge in [0, 0.05) is 24.2 Å². The van der Waals surface area contributed by atoms with Crippen molar-refractivity contribution in [1.29, 1.82) is 0 Å². The second kappa shape index (κ2) is 5.58. The lowest BCUT2D eigenvalue weighted by Crippen LogP contribution is -2.26. The Kier molecular flexibility index (Phi) is 4.11. The summed E-state index contributed by atoms with van der Waals surface area (Å²) in [5, 5.41) is 3.43. The standard InChI is InChI=1S/C11H19N3S/c1-2-12-5-10-3-4-14(7-10)8-11-6-13-9-15-11/h6,9-10,12H,2-5,7-8H2,1H3. The molecule has 0 radical (unpaired) electrons. The number of hydrogen-bond acceptors (Lipinski definition) is 4. The molecule has 1 unspecified atom stereocenters. The monoisotopic (exact) mass is 225 g/mol. The molecule has 0 amide bonds. The van der Waals surface area contributed by atoms with Crippen molar-refractivity contribution >= 4 is 11.3 Å². The highest BCUT2D eigenvalue weighted by Crippen LogP contribution is 2.19. The highest BCUT2D eigenvalue weighted by molar-refractivity contribution is 7.09. The van der Waals surface area contributed by atoms with Crippen LogP contribution < -0.4 is 5.32 Å². The molecular formula is C11H19N3S. The van der Waals surface area contributed by atoms with E-state index in [1.807, 2.05) is 11.7 Å². The molecule has 3 nitrogen and oxygen atoms in total. The van der Waals surface area contributed by atoms with Gasteiger partial charge in [-0.15, -0.1) is 11.3 Å².